The molecule has 2 aromatic heterocycles. The highest BCUT2D eigenvalue weighted by Crippen LogP contribution is 2.35. The zero-order valence-electron chi connectivity index (χ0n) is 16.1. The summed E-state index contributed by atoms with van der Waals surface area (Å²) in [6.07, 6.45) is 1.70. The predicted octanol–water partition coefficient (Wildman–Crippen LogP) is 3.02. The third-order valence-corrected chi connectivity index (χ3v) is 4.92. The number of amides is 1. The highest BCUT2D eigenvalue weighted by molar-refractivity contribution is 5.96. The Morgan fingerprint density at radius 1 is 1.22 bits per heavy atom. The van der Waals surface area contributed by atoms with Gasteiger partial charge in [-0.25, -0.2) is 4.98 Å². The van der Waals surface area contributed by atoms with E-state index in [1.54, 1.807) is 24.7 Å². The molecule has 0 saturated heterocycles. The molecular formula is C21H25N3O3. The second kappa shape index (κ2) is 7.40. The van der Waals surface area contributed by atoms with Crippen molar-refractivity contribution in [2.24, 2.45) is 0 Å². The number of nitrogens with zero attached hydrogens (tertiary/aromatic N) is 3. The maximum atomic E-state index is 12.7. The van der Waals surface area contributed by atoms with Gasteiger partial charge in [0.25, 0.3) is 5.91 Å². The van der Waals surface area contributed by atoms with Crippen molar-refractivity contribution in [2.75, 3.05) is 14.1 Å². The van der Waals surface area contributed by atoms with E-state index in [0.29, 0.717) is 18.5 Å². The molecule has 1 atom stereocenters. The molecule has 0 spiro atoms. The first-order valence-electron chi connectivity index (χ1n) is 8.96. The minimum atomic E-state index is -0.980. The monoisotopic (exact) mass is 367 g/mol. The molecule has 1 amide bonds. The zero-order chi connectivity index (χ0) is 19.7. The average molecular weight is 367 g/mol. The molecule has 0 radical (unpaired) electrons. The molecule has 0 saturated carbocycles. The second-order valence-electron chi connectivity index (χ2n) is 7.02. The summed E-state index contributed by atoms with van der Waals surface area (Å²) in [6, 6.07) is 9.81. The molecule has 6 heteroatoms. The van der Waals surface area contributed by atoms with Gasteiger partial charge in [-0.15, -0.1) is 0 Å². The number of aliphatic hydroxyl groups is 1. The van der Waals surface area contributed by atoms with Crippen molar-refractivity contribution in [3.05, 3.63) is 64.6 Å². The molecule has 0 fully saturated rings. The molecule has 3 rings (SSSR count). The maximum Gasteiger partial charge on any atom is 0.255 e. The first-order valence-corrected chi connectivity index (χ1v) is 8.96. The number of aromatic hydroxyl groups is 1. The summed E-state index contributed by atoms with van der Waals surface area (Å²) in [5.74, 6) is -0.411. The van der Waals surface area contributed by atoms with Crippen molar-refractivity contribution in [3.63, 3.8) is 0 Å². The quantitative estimate of drug-likeness (QED) is 0.727. The van der Waals surface area contributed by atoms with E-state index < -0.39 is 6.10 Å². The highest BCUT2D eigenvalue weighted by atomic mass is 16.3. The third-order valence-electron chi connectivity index (χ3n) is 4.92. The molecular weight excluding hydrogens is 342 g/mol. The Bertz CT molecular complexity index is 977. The Morgan fingerprint density at radius 3 is 2.52 bits per heavy atom. The first kappa shape index (κ1) is 18.9. The molecule has 6 nitrogen and oxygen atoms in total. The van der Waals surface area contributed by atoms with E-state index in [9.17, 15) is 15.0 Å². The van der Waals surface area contributed by atoms with Crippen molar-refractivity contribution >= 4 is 11.6 Å². The average Bonchev–Trinajstić information content (AvgIpc) is 2.94. The van der Waals surface area contributed by atoms with Gasteiger partial charge in [-0.1, -0.05) is 30.3 Å². The number of rotatable bonds is 5. The van der Waals surface area contributed by atoms with Crippen molar-refractivity contribution in [3.8, 4) is 5.75 Å². The number of aliphatic hydroxyl groups excluding tert-OH is 1. The third kappa shape index (κ3) is 3.53. The van der Waals surface area contributed by atoms with Crippen LogP contribution in [0.15, 0.2) is 36.5 Å². The molecule has 0 aliphatic carbocycles. The maximum absolute atomic E-state index is 12.7. The lowest BCUT2D eigenvalue weighted by Crippen LogP contribution is -2.24. The van der Waals surface area contributed by atoms with Crippen LogP contribution in [0.2, 0.25) is 0 Å². The Kier molecular flexibility index (Phi) is 5.19. The summed E-state index contributed by atoms with van der Waals surface area (Å²) < 4.78 is 1.70. The Morgan fingerprint density at radius 2 is 1.89 bits per heavy atom. The van der Waals surface area contributed by atoms with Gasteiger partial charge in [-0.05, 0) is 32.3 Å². The molecule has 2 heterocycles. The van der Waals surface area contributed by atoms with Gasteiger partial charge in [0.2, 0.25) is 0 Å². The van der Waals surface area contributed by atoms with Gasteiger partial charge >= 0.3 is 0 Å². The number of carbonyl (C=O) groups is 1. The number of aromatic nitrogens is 2. The van der Waals surface area contributed by atoms with Crippen molar-refractivity contribution in [1.29, 1.82) is 0 Å². The second-order valence-corrected chi connectivity index (χ2v) is 7.02. The Labute approximate surface area is 158 Å². The lowest BCUT2D eigenvalue weighted by Gasteiger charge is -2.20. The van der Waals surface area contributed by atoms with E-state index in [2.05, 4.69) is 4.98 Å². The van der Waals surface area contributed by atoms with E-state index in [-0.39, 0.29) is 22.8 Å². The van der Waals surface area contributed by atoms with Crippen LogP contribution in [0.3, 0.4) is 0 Å². The van der Waals surface area contributed by atoms with Crippen LogP contribution in [-0.4, -0.2) is 44.5 Å². The molecule has 3 aromatic rings. The van der Waals surface area contributed by atoms with Gasteiger partial charge in [0, 0.05) is 31.5 Å². The zero-order valence-corrected chi connectivity index (χ0v) is 16.1. The number of hydrogen-bond acceptors (Lipinski definition) is 4. The van der Waals surface area contributed by atoms with E-state index in [1.807, 2.05) is 44.2 Å². The molecule has 142 valence electrons. The summed E-state index contributed by atoms with van der Waals surface area (Å²) in [5.41, 5.74) is 3.58. The summed E-state index contributed by atoms with van der Waals surface area (Å²) in [6.45, 7) is 3.73. The van der Waals surface area contributed by atoms with Crippen LogP contribution in [0.1, 0.15) is 45.4 Å². The van der Waals surface area contributed by atoms with Gasteiger partial charge in [-0.3, -0.25) is 4.79 Å². The van der Waals surface area contributed by atoms with Gasteiger partial charge < -0.3 is 19.5 Å². The molecule has 0 aliphatic heterocycles. The van der Waals surface area contributed by atoms with E-state index in [4.69, 9.17) is 0 Å². The smallest absolute Gasteiger partial charge is 0.255 e. The van der Waals surface area contributed by atoms with Crippen molar-refractivity contribution < 1.29 is 15.0 Å². The van der Waals surface area contributed by atoms with Crippen LogP contribution >= 0.6 is 0 Å². The number of fused-ring (bicyclic) bond motifs is 1. The van der Waals surface area contributed by atoms with Crippen molar-refractivity contribution in [1.82, 2.24) is 14.3 Å². The van der Waals surface area contributed by atoms with Crippen LogP contribution in [0, 0.1) is 13.8 Å². The molecule has 0 aliphatic rings. The number of imidazole rings is 1. The molecule has 1 aromatic carbocycles. The van der Waals surface area contributed by atoms with Crippen LogP contribution in [0.4, 0.5) is 0 Å². The fourth-order valence-electron chi connectivity index (χ4n) is 3.24. The van der Waals surface area contributed by atoms with E-state index in [1.165, 1.54) is 4.90 Å². The first-order chi connectivity index (χ1) is 12.8. The van der Waals surface area contributed by atoms with Crippen LogP contribution in [0.5, 0.6) is 5.75 Å². The number of carbonyl (C=O) groups excluding carboxylic acids is 1. The van der Waals surface area contributed by atoms with Crippen LogP contribution < -0.4 is 0 Å². The number of benzene rings is 1. The SMILES string of the molecule is Cc1nc2c(O)c([C@@H](O)CCc3ccccc3)c(C(=O)N(C)C)cn2c1C. The lowest BCUT2D eigenvalue weighted by atomic mass is 9.97. The van der Waals surface area contributed by atoms with E-state index in [0.717, 1.165) is 17.0 Å². The Hall–Kier alpha value is -2.86. The van der Waals surface area contributed by atoms with Crippen LogP contribution in [-0.2, 0) is 6.42 Å². The molecule has 0 unspecified atom stereocenters. The van der Waals surface area contributed by atoms with Gasteiger partial charge in [0.15, 0.2) is 11.4 Å². The predicted molar refractivity (Wildman–Crippen MR) is 104 cm³/mol. The summed E-state index contributed by atoms with van der Waals surface area (Å²) in [5, 5.41) is 21.7. The minimum absolute atomic E-state index is 0.139. The summed E-state index contributed by atoms with van der Waals surface area (Å²) >= 11 is 0. The number of pyridine rings is 1. The molecule has 0 bridgehead atoms. The number of hydrogen-bond donors (Lipinski definition) is 2. The summed E-state index contributed by atoms with van der Waals surface area (Å²) in [7, 11) is 3.30. The Balaban J connectivity index is 2.07. The fraction of sp³-hybridized carbons (Fsp3) is 0.333. The standard InChI is InChI=1S/C21H25N3O3/c1-13-14(2)24-12-16(21(27)23(3)4)18(19(26)20(24)22-13)17(25)11-10-15-8-6-5-7-9-15/h5-9,12,17,25-26H,10-11H2,1-4H3/t17-/m0/s1. The normalized spacial score (nSPS) is 12.3. The van der Waals surface area contributed by atoms with Gasteiger partial charge in [0.1, 0.15) is 0 Å². The van der Waals surface area contributed by atoms with Crippen LogP contribution in [0.25, 0.3) is 5.65 Å². The fourth-order valence-corrected chi connectivity index (χ4v) is 3.24. The number of aryl methyl sites for hydroxylation is 3. The molecule has 2 N–H and O–H groups in total. The highest BCUT2D eigenvalue weighted by Gasteiger charge is 2.26. The summed E-state index contributed by atoms with van der Waals surface area (Å²) in [4.78, 5) is 18.6. The largest absolute Gasteiger partial charge is 0.504 e. The van der Waals surface area contributed by atoms with Crippen molar-refractivity contribution in [2.45, 2.75) is 32.8 Å². The van der Waals surface area contributed by atoms with Gasteiger partial charge in [-0.2, -0.15) is 0 Å². The topological polar surface area (TPSA) is 78.1 Å². The molecule has 27 heavy (non-hydrogen) atoms. The minimum Gasteiger partial charge on any atom is -0.504 e. The lowest BCUT2D eigenvalue weighted by molar-refractivity contribution is 0.0817. The van der Waals surface area contributed by atoms with E-state index >= 15 is 0 Å². The van der Waals surface area contributed by atoms with Gasteiger partial charge in [0.05, 0.1) is 17.4 Å².